The number of aromatic amines is 2. The SMILES string of the molecule is NCCOCCOC(=O)[C@H](CCC(=O)O)NC(=O)c1ccc(CCc2c[nH]c3nc(N)[nH]c(=O)c23)cc1. The predicted octanol–water partition coefficient (Wildman–Crippen LogP) is 0.100. The number of aromatic nitrogens is 3. The van der Waals surface area contributed by atoms with Crippen LogP contribution in [-0.4, -0.2) is 70.3 Å². The molecule has 0 aliphatic carbocycles. The maximum Gasteiger partial charge on any atom is 0.328 e. The van der Waals surface area contributed by atoms with Crippen molar-refractivity contribution < 1.29 is 29.0 Å². The Bertz CT molecular complexity index is 1280. The minimum atomic E-state index is -1.12. The van der Waals surface area contributed by atoms with Crippen LogP contribution in [0.5, 0.6) is 0 Å². The summed E-state index contributed by atoms with van der Waals surface area (Å²) in [7, 11) is 0. The first-order chi connectivity index (χ1) is 17.8. The first-order valence-electron chi connectivity index (χ1n) is 11.7. The van der Waals surface area contributed by atoms with Gasteiger partial charge in [-0.3, -0.25) is 19.4 Å². The Hall–Kier alpha value is -4.23. The van der Waals surface area contributed by atoms with Crippen LogP contribution in [0.2, 0.25) is 0 Å². The van der Waals surface area contributed by atoms with Crippen molar-refractivity contribution in [1.82, 2.24) is 20.3 Å². The minimum absolute atomic E-state index is 0.0368. The van der Waals surface area contributed by atoms with Gasteiger partial charge in [-0.25, -0.2) is 4.79 Å². The molecule has 0 saturated carbocycles. The zero-order valence-corrected chi connectivity index (χ0v) is 20.1. The van der Waals surface area contributed by atoms with Crippen molar-refractivity contribution in [1.29, 1.82) is 0 Å². The summed E-state index contributed by atoms with van der Waals surface area (Å²) in [6.45, 7) is 0.749. The molecule has 0 fully saturated rings. The number of fused-ring (bicyclic) bond motifs is 1. The first-order valence-corrected chi connectivity index (χ1v) is 11.7. The number of ether oxygens (including phenoxy) is 2. The number of carbonyl (C=O) groups is 3. The van der Waals surface area contributed by atoms with E-state index in [0.29, 0.717) is 42.6 Å². The summed E-state index contributed by atoms with van der Waals surface area (Å²) >= 11 is 0. The molecule has 8 N–H and O–H groups in total. The molecule has 37 heavy (non-hydrogen) atoms. The number of aryl methyl sites for hydroxylation is 2. The van der Waals surface area contributed by atoms with Crippen LogP contribution < -0.4 is 22.3 Å². The summed E-state index contributed by atoms with van der Waals surface area (Å²) in [6, 6.07) is 5.62. The minimum Gasteiger partial charge on any atom is -0.481 e. The highest BCUT2D eigenvalue weighted by molar-refractivity contribution is 5.96. The Morgan fingerprint density at radius 1 is 1.11 bits per heavy atom. The van der Waals surface area contributed by atoms with Gasteiger partial charge in [-0.2, -0.15) is 4.98 Å². The fourth-order valence-corrected chi connectivity index (χ4v) is 3.67. The molecule has 0 aliphatic heterocycles. The van der Waals surface area contributed by atoms with E-state index in [1.165, 1.54) is 0 Å². The van der Waals surface area contributed by atoms with Crippen molar-refractivity contribution in [2.75, 3.05) is 32.1 Å². The number of nitrogen functional groups attached to an aromatic ring is 1. The van der Waals surface area contributed by atoms with E-state index in [2.05, 4.69) is 20.3 Å². The highest BCUT2D eigenvalue weighted by atomic mass is 16.6. The molecule has 1 atom stereocenters. The summed E-state index contributed by atoms with van der Waals surface area (Å²) in [4.78, 5) is 57.8. The third-order valence-electron chi connectivity index (χ3n) is 5.51. The number of esters is 1. The molecule has 0 bridgehead atoms. The highest BCUT2D eigenvalue weighted by Crippen LogP contribution is 2.16. The van der Waals surface area contributed by atoms with Gasteiger partial charge in [-0.1, -0.05) is 12.1 Å². The quantitative estimate of drug-likeness (QED) is 0.126. The van der Waals surface area contributed by atoms with Crippen LogP contribution in [0.25, 0.3) is 11.0 Å². The van der Waals surface area contributed by atoms with E-state index < -0.39 is 23.9 Å². The Morgan fingerprint density at radius 3 is 2.57 bits per heavy atom. The zero-order valence-electron chi connectivity index (χ0n) is 20.1. The summed E-state index contributed by atoms with van der Waals surface area (Å²) in [5, 5.41) is 12.0. The van der Waals surface area contributed by atoms with E-state index in [1.807, 2.05) is 0 Å². The van der Waals surface area contributed by atoms with Crippen LogP contribution in [0.4, 0.5) is 5.95 Å². The van der Waals surface area contributed by atoms with Gasteiger partial charge in [0.1, 0.15) is 18.3 Å². The van der Waals surface area contributed by atoms with Crippen molar-refractivity contribution in [3.05, 3.63) is 57.5 Å². The normalized spacial score (nSPS) is 11.8. The molecule has 1 aromatic carbocycles. The lowest BCUT2D eigenvalue weighted by molar-refractivity contribution is -0.148. The van der Waals surface area contributed by atoms with Gasteiger partial charge in [0.05, 0.1) is 18.6 Å². The van der Waals surface area contributed by atoms with Gasteiger partial charge >= 0.3 is 11.9 Å². The number of rotatable bonds is 14. The maximum absolute atomic E-state index is 12.7. The van der Waals surface area contributed by atoms with Crippen molar-refractivity contribution in [2.45, 2.75) is 31.7 Å². The Kier molecular flexibility index (Phi) is 9.75. The van der Waals surface area contributed by atoms with E-state index >= 15 is 0 Å². The van der Waals surface area contributed by atoms with E-state index in [4.69, 9.17) is 26.0 Å². The second kappa shape index (κ2) is 13.2. The fourth-order valence-electron chi connectivity index (χ4n) is 3.67. The number of carbonyl (C=O) groups excluding carboxylic acids is 2. The summed E-state index contributed by atoms with van der Waals surface area (Å²) < 4.78 is 10.2. The molecule has 0 unspecified atom stereocenters. The number of benzene rings is 1. The second-order valence-electron chi connectivity index (χ2n) is 8.21. The predicted molar refractivity (Wildman–Crippen MR) is 134 cm³/mol. The largest absolute Gasteiger partial charge is 0.481 e. The monoisotopic (exact) mass is 514 g/mol. The number of carboxylic acids is 1. The van der Waals surface area contributed by atoms with Gasteiger partial charge in [0.25, 0.3) is 11.5 Å². The molecule has 2 heterocycles. The average Bonchev–Trinajstić information content (AvgIpc) is 3.28. The standard InChI is InChI=1S/C24H30N6O7/c25-9-10-36-11-12-37-23(35)17(7-8-18(31)32)28-21(33)15-4-1-14(2-5-15)3-6-16-13-27-20-19(16)22(34)30-24(26)29-20/h1-2,4-5,13,17H,3,6-12,25H2,(H,28,33)(H,31,32)(H4,26,27,29,30,34)/t17-/m0/s1. The Balaban J connectivity index is 1.58. The number of hydrogen-bond acceptors (Lipinski definition) is 9. The van der Waals surface area contributed by atoms with Crippen LogP contribution >= 0.6 is 0 Å². The topological polar surface area (TPSA) is 216 Å². The average molecular weight is 515 g/mol. The van der Waals surface area contributed by atoms with Crippen LogP contribution in [0.3, 0.4) is 0 Å². The van der Waals surface area contributed by atoms with Gasteiger partial charge in [-0.15, -0.1) is 0 Å². The lowest BCUT2D eigenvalue weighted by Gasteiger charge is -2.17. The second-order valence-corrected chi connectivity index (χ2v) is 8.21. The molecule has 1 amide bonds. The van der Waals surface area contributed by atoms with Gasteiger partial charge in [0.15, 0.2) is 0 Å². The number of hydrogen-bond donors (Lipinski definition) is 6. The number of nitrogens with one attached hydrogen (secondary N) is 3. The lowest BCUT2D eigenvalue weighted by Crippen LogP contribution is -2.42. The number of H-pyrrole nitrogens is 2. The fraction of sp³-hybridized carbons (Fsp3) is 0.375. The number of amides is 1. The molecule has 0 spiro atoms. The number of nitrogens with zero attached hydrogens (tertiary/aromatic N) is 1. The summed E-state index contributed by atoms with van der Waals surface area (Å²) in [5.41, 5.74) is 13.0. The molecule has 2 aromatic heterocycles. The number of anilines is 1. The third kappa shape index (κ3) is 7.88. The molecule has 13 heteroatoms. The molecular weight excluding hydrogens is 484 g/mol. The van der Waals surface area contributed by atoms with E-state index in [0.717, 1.165) is 11.1 Å². The number of nitrogens with two attached hydrogens (primary N) is 2. The molecule has 198 valence electrons. The number of carboxylic acid groups (broad SMARTS) is 1. The molecular formula is C24H30N6O7. The van der Waals surface area contributed by atoms with Gasteiger partial charge < -0.3 is 36.3 Å². The van der Waals surface area contributed by atoms with E-state index in [-0.39, 0.29) is 37.6 Å². The van der Waals surface area contributed by atoms with Crippen molar-refractivity contribution in [3.8, 4) is 0 Å². The van der Waals surface area contributed by atoms with Crippen molar-refractivity contribution >= 4 is 34.8 Å². The van der Waals surface area contributed by atoms with Crippen LogP contribution in [-0.2, 0) is 31.9 Å². The molecule has 13 nitrogen and oxygen atoms in total. The molecule has 0 radical (unpaired) electrons. The van der Waals surface area contributed by atoms with Crippen molar-refractivity contribution in [3.63, 3.8) is 0 Å². The smallest absolute Gasteiger partial charge is 0.328 e. The summed E-state index contributed by atoms with van der Waals surface area (Å²) in [5.74, 6) is -2.34. The van der Waals surface area contributed by atoms with Gasteiger partial charge in [-0.05, 0) is 42.5 Å². The Morgan fingerprint density at radius 2 is 1.86 bits per heavy atom. The molecule has 3 aromatic rings. The van der Waals surface area contributed by atoms with Crippen LogP contribution in [0.1, 0.15) is 34.3 Å². The maximum atomic E-state index is 12.7. The van der Waals surface area contributed by atoms with Crippen LogP contribution in [0.15, 0.2) is 35.3 Å². The zero-order chi connectivity index (χ0) is 26.8. The highest BCUT2D eigenvalue weighted by Gasteiger charge is 2.24. The van der Waals surface area contributed by atoms with Gasteiger partial charge in [0.2, 0.25) is 5.95 Å². The summed E-state index contributed by atoms with van der Waals surface area (Å²) in [6.07, 6.45) is 2.43. The number of aliphatic carboxylic acids is 1. The Labute approximate surface area is 211 Å². The van der Waals surface area contributed by atoms with Gasteiger partial charge in [0, 0.05) is 24.7 Å². The molecule has 3 rings (SSSR count). The molecule has 0 saturated heterocycles. The van der Waals surface area contributed by atoms with E-state index in [1.54, 1.807) is 30.5 Å². The lowest BCUT2D eigenvalue weighted by atomic mass is 10.0. The third-order valence-corrected chi connectivity index (χ3v) is 5.51. The van der Waals surface area contributed by atoms with Crippen molar-refractivity contribution in [2.24, 2.45) is 5.73 Å². The first kappa shape index (κ1) is 27.4. The van der Waals surface area contributed by atoms with E-state index in [9.17, 15) is 19.2 Å². The molecule has 0 aliphatic rings. The van der Waals surface area contributed by atoms with Crippen LogP contribution in [0, 0.1) is 0 Å².